The van der Waals surface area contributed by atoms with E-state index in [0.717, 1.165) is 38.0 Å². The van der Waals surface area contributed by atoms with Gasteiger partial charge in [-0.25, -0.2) is 0 Å². The second-order valence-corrected chi connectivity index (χ2v) is 5.81. The second-order valence-electron chi connectivity index (χ2n) is 5.81. The van der Waals surface area contributed by atoms with E-state index in [1.807, 2.05) is 24.3 Å². The highest BCUT2D eigenvalue weighted by atomic mass is 16.7. The van der Waals surface area contributed by atoms with Gasteiger partial charge < -0.3 is 14.6 Å². The standard InChI is InChI=1S/C16H21NO4/c18-15(19)10-13-2-4-14(5-3-13)11-17-7-1-6-16(12-17)20-8-9-21-16/h2-5H,1,6-12H2,(H,18,19). The second kappa shape index (κ2) is 6.13. The molecule has 0 aromatic heterocycles. The topological polar surface area (TPSA) is 59.0 Å². The fourth-order valence-electron chi connectivity index (χ4n) is 3.13. The highest BCUT2D eigenvalue weighted by Gasteiger charge is 2.40. The van der Waals surface area contributed by atoms with Crippen molar-refractivity contribution in [3.63, 3.8) is 0 Å². The number of carbonyl (C=O) groups is 1. The van der Waals surface area contributed by atoms with Crippen molar-refractivity contribution in [1.29, 1.82) is 0 Å². The number of hydrogen-bond acceptors (Lipinski definition) is 4. The Labute approximate surface area is 124 Å². The average Bonchev–Trinajstić information content (AvgIpc) is 2.88. The van der Waals surface area contributed by atoms with Crippen LogP contribution in [0.5, 0.6) is 0 Å². The lowest BCUT2D eigenvalue weighted by Gasteiger charge is -2.38. The Morgan fingerprint density at radius 2 is 1.86 bits per heavy atom. The van der Waals surface area contributed by atoms with E-state index in [4.69, 9.17) is 14.6 Å². The van der Waals surface area contributed by atoms with Gasteiger partial charge in [0.2, 0.25) is 0 Å². The van der Waals surface area contributed by atoms with E-state index >= 15 is 0 Å². The van der Waals surface area contributed by atoms with Gasteiger partial charge in [-0.3, -0.25) is 9.69 Å². The Balaban J connectivity index is 1.59. The summed E-state index contributed by atoms with van der Waals surface area (Å²) in [4.78, 5) is 13.0. The fraction of sp³-hybridized carbons (Fsp3) is 0.562. The maximum absolute atomic E-state index is 10.7. The maximum Gasteiger partial charge on any atom is 0.307 e. The number of carboxylic acids is 1. The number of benzene rings is 1. The summed E-state index contributed by atoms with van der Waals surface area (Å²) in [6, 6.07) is 7.81. The van der Waals surface area contributed by atoms with Gasteiger partial charge in [-0.05, 0) is 24.1 Å². The van der Waals surface area contributed by atoms with Crippen molar-refractivity contribution in [3.8, 4) is 0 Å². The van der Waals surface area contributed by atoms with Crippen LogP contribution in [0.1, 0.15) is 24.0 Å². The Hall–Kier alpha value is -1.43. The number of aliphatic carboxylic acids is 1. The number of nitrogens with zero attached hydrogens (tertiary/aromatic N) is 1. The van der Waals surface area contributed by atoms with Crippen LogP contribution in [-0.2, 0) is 27.2 Å². The van der Waals surface area contributed by atoms with Gasteiger partial charge in [-0.1, -0.05) is 24.3 Å². The summed E-state index contributed by atoms with van der Waals surface area (Å²) >= 11 is 0. The molecule has 0 saturated carbocycles. The fourth-order valence-corrected chi connectivity index (χ4v) is 3.13. The monoisotopic (exact) mass is 291 g/mol. The molecule has 2 fully saturated rings. The summed E-state index contributed by atoms with van der Waals surface area (Å²) in [5.74, 6) is -1.18. The van der Waals surface area contributed by atoms with Gasteiger partial charge in [-0.15, -0.1) is 0 Å². The number of rotatable bonds is 4. The van der Waals surface area contributed by atoms with E-state index in [-0.39, 0.29) is 12.2 Å². The molecule has 1 N–H and O–H groups in total. The molecule has 0 atom stereocenters. The minimum atomic E-state index is -0.795. The zero-order chi connectivity index (χ0) is 14.7. The lowest BCUT2D eigenvalue weighted by Crippen LogP contribution is -2.48. The summed E-state index contributed by atoms with van der Waals surface area (Å²) in [6.07, 6.45) is 2.13. The molecule has 1 spiro atoms. The van der Waals surface area contributed by atoms with Crippen molar-refractivity contribution < 1.29 is 19.4 Å². The van der Waals surface area contributed by atoms with Crippen molar-refractivity contribution in [2.45, 2.75) is 31.6 Å². The molecule has 3 rings (SSSR count). The lowest BCUT2D eigenvalue weighted by molar-refractivity contribution is -0.190. The highest BCUT2D eigenvalue weighted by molar-refractivity contribution is 5.70. The van der Waals surface area contributed by atoms with E-state index in [1.165, 1.54) is 5.56 Å². The van der Waals surface area contributed by atoms with Crippen molar-refractivity contribution in [2.24, 2.45) is 0 Å². The Morgan fingerprint density at radius 3 is 2.52 bits per heavy atom. The normalized spacial score (nSPS) is 21.7. The summed E-state index contributed by atoms with van der Waals surface area (Å²) in [5, 5.41) is 8.78. The molecule has 2 aliphatic heterocycles. The van der Waals surface area contributed by atoms with Gasteiger partial charge in [0.1, 0.15) is 0 Å². The molecular formula is C16H21NO4. The Kier molecular flexibility index (Phi) is 4.24. The molecule has 1 aromatic carbocycles. The first-order chi connectivity index (χ1) is 10.2. The van der Waals surface area contributed by atoms with Crippen molar-refractivity contribution in [1.82, 2.24) is 4.90 Å². The van der Waals surface area contributed by atoms with Crippen molar-refractivity contribution >= 4 is 5.97 Å². The molecule has 5 heteroatoms. The van der Waals surface area contributed by atoms with Gasteiger partial charge in [0.15, 0.2) is 5.79 Å². The molecule has 1 aromatic rings. The first-order valence-electron chi connectivity index (χ1n) is 7.45. The van der Waals surface area contributed by atoms with Gasteiger partial charge in [0.05, 0.1) is 26.2 Å². The molecule has 0 radical (unpaired) electrons. The number of hydrogen-bond donors (Lipinski definition) is 1. The predicted molar refractivity (Wildman–Crippen MR) is 76.9 cm³/mol. The minimum absolute atomic E-state index is 0.0782. The highest BCUT2D eigenvalue weighted by Crippen LogP contribution is 2.30. The average molecular weight is 291 g/mol. The number of likely N-dealkylation sites (tertiary alicyclic amines) is 1. The molecule has 0 unspecified atom stereocenters. The van der Waals surface area contributed by atoms with Crippen LogP contribution in [0.4, 0.5) is 0 Å². The third-order valence-electron chi connectivity index (χ3n) is 4.09. The zero-order valence-corrected chi connectivity index (χ0v) is 12.1. The molecule has 0 bridgehead atoms. The van der Waals surface area contributed by atoms with Gasteiger partial charge in [0.25, 0.3) is 0 Å². The zero-order valence-electron chi connectivity index (χ0n) is 12.1. The van der Waals surface area contributed by atoms with Crippen LogP contribution in [0.2, 0.25) is 0 Å². The van der Waals surface area contributed by atoms with Crippen LogP contribution in [0.3, 0.4) is 0 Å². The van der Waals surface area contributed by atoms with E-state index in [9.17, 15) is 4.79 Å². The van der Waals surface area contributed by atoms with Crippen LogP contribution in [-0.4, -0.2) is 48.1 Å². The Bertz CT molecular complexity index is 494. The van der Waals surface area contributed by atoms with Gasteiger partial charge in [-0.2, -0.15) is 0 Å². The van der Waals surface area contributed by atoms with Crippen LogP contribution in [0.15, 0.2) is 24.3 Å². The van der Waals surface area contributed by atoms with Crippen molar-refractivity contribution in [2.75, 3.05) is 26.3 Å². The molecule has 2 aliphatic rings. The summed E-state index contributed by atoms with van der Waals surface area (Å²) in [7, 11) is 0. The molecular weight excluding hydrogens is 270 g/mol. The third-order valence-corrected chi connectivity index (χ3v) is 4.09. The van der Waals surface area contributed by atoms with E-state index in [0.29, 0.717) is 13.2 Å². The number of ether oxygens (including phenoxy) is 2. The van der Waals surface area contributed by atoms with Crippen LogP contribution >= 0.6 is 0 Å². The predicted octanol–water partition coefficient (Wildman–Crippen LogP) is 1.65. The van der Waals surface area contributed by atoms with Crippen molar-refractivity contribution in [3.05, 3.63) is 35.4 Å². The van der Waals surface area contributed by atoms with E-state index < -0.39 is 5.97 Å². The SMILES string of the molecule is O=C(O)Cc1ccc(CN2CCCC3(C2)OCCO3)cc1. The molecule has 2 saturated heterocycles. The van der Waals surface area contributed by atoms with Crippen LogP contribution in [0.25, 0.3) is 0 Å². The maximum atomic E-state index is 10.7. The van der Waals surface area contributed by atoms with Crippen LogP contribution in [0, 0.1) is 0 Å². The summed E-state index contributed by atoms with van der Waals surface area (Å²) < 4.78 is 11.6. The first kappa shape index (κ1) is 14.5. The molecule has 21 heavy (non-hydrogen) atoms. The first-order valence-corrected chi connectivity index (χ1v) is 7.45. The van der Waals surface area contributed by atoms with Gasteiger partial charge in [0, 0.05) is 13.0 Å². The number of carboxylic acid groups (broad SMARTS) is 1. The molecule has 0 aliphatic carbocycles. The van der Waals surface area contributed by atoms with E-state index in [1.54, 1.807) is 0 Å². The summed E-state index contributed by atoms with van der Waals surface area (Å²) in [6.45, 7) is 4.09. The quantitative estimate of drug-likeness (QED) is 0.914. The minimum Gasteiger partial charge on any atom is -0.481 e. The summed E-state index contributed by atoms with van der Waals surface area (Å²) in [5.41, 5.74) is 2.03. The van der Waals surface area contributed by atoms with Crippen LogP contribution < -0.4 is 0 Å². The molecule has 5 nitrogen and oxygen atoms in total. The lowest BCUT2D eigenvalue weighted by atomic mass is 10.0. The molecule has 114 valence electrons. The van der Waals surface area contributed by atoms with Gasteiger partial charge >= 0.3 is 5.97 Å². The molecule has 2 heterocycles. The van der Waals surface area contributed by atoms with E-state index in [2.05, 4.69) is 4.90 Å². The molecule has 0 amide bonds. The largest absolute Gasteiger partial charge is 0.481 e. The smallest absolute Gasteiger partial charge is 0.307 e. The Morgan fingerprint density at radius 1 is 1.19 bits per heavy atom. The number of piperidine rings is 1. The third kappa shape index (κ3) is 3.61.